The van der Waals surface area contributed by atoms with Gasteiger partial charge in [-0.15, -0.1) is 5.10 Å². The Balaban J connectivity index is 2.01. The highest BCUT2D eigenvalue weighted by atomic mass is 15.5. The number of tetrazole rings is 1. The molecule has 0 atom stereocenters. The van der Waals surface area contributed by atoms with Crippen molar-refractivity contribution in [1.82, 2.24) is 20.2 Å². The molecule has 1 aromatic heterocycles. The number of aryl methyl sites for hydroxylation is 1. The van der Waals surface area contributed by atoms with Gasteiger partial charge in [-0.05, 0) is 28.0 Å². The van der Waals surface area contributed by atoms with Crippen LogP contribution in [0.1, 0.15) is 43.1 Å². The van der Waals surface area contributed by atoms with Gasteiger partial charge in [0.2, 0.25) is 0 Å². The molecule has 0 spiro atoms. The monoisotopic (exact) mass is 256 g/mol. The van der Waals surface area contributed by atoms with E-state index in [1.165, 1.54) is 18.4 Å². The molecular weight excluding hydrogens is 236 g/mol. The second-order valence-corrected chi connectivity index (χ2v) is 4.66. The molecule has 0 unspecified atom stereocenters. The SMILES string of the molecule is C=Cc1ccc(Cn2nnnc2CCCCC)cc1. The van der Waals surface area contributed by atoms with Crippen molar-refractivity contribution >= 4 is 6.08 Å². The highest BCUT2D eigenvalue weighted by Gasteiger charge is 2.06. The molecule has 0 radical (unpaired) electrons. The van der Waals surface area contributed by atoms with Crippen LogP contribution in [0.5, 0.6) is 0 Å². The first-order chi connectivity index (χ1) is 9.33. The van der Waals surface area contributed by atoms with Crippen LogP contribution in [0.25, 0.3) is 6.08 Å². The van der Waals surface area contributed by atoms with E-state index in [4.69, 9.17) is 0 Å². The Morgan fingerprint density at radius 3 is 2.68 bits per heavy atom. The normalized spacial score (nSPS) is 10.6. The molecule has 1 heterocycles. The summed E-state index contributed by atoms with van der Waals surface area (Å²) in [4.78, 5) is 0. The van der Waals surface area contributed by atoms with Crippen molar-refractivity contribution in [2.75, 3.05) is 0 Å². The number of aromatic nitrogens is 4. The van der Waals surface area contributed by atoms with Crippen molar-refractivity contribution in [3.8, 4) is 0 Å². The lowest BCUT2D eigenvalue weighted by molar-refractivity contribution is 0.597. The molecule has 100 valence electrons. The molecule has 0 aliphatic rings. The van der Waals surface area contributed by atoms with Gasteiger partial charge in [0.15, 0.2) is 5.82 Å². The summed E-state index contributed by atoms with van der Waals surface area (Å²) in [5.74, 6) is 0.973. The Hall–Kier alpha value is -1.97. The summed E-state index contributed by atoms with van der Waals surface area (Å²) in [5.41, 5.74) is 2.33. The van der Waals surface area contributed by atoms with E-state index >= 15 is 0 Å². The van der Waals surface area contributed by atoms with Crippen molar-refractivity contribution in [1.29, 1.82) is 0 Å². The number of hydrogen-bond acceptors (Lipinski definition) is 3. The first kappa shape index (κ1) is 13.5. The zero-order chi connectivity index (χ0) is 13.5. The molecule has 0 bridgehead atoms. The fraction of sp³-hybridized carbons (Fsp3) is 0.400. The molecule has 2 aromatic rings. The minimum Gasteiger partial charge on any atom is -0.225 e. The highest BCUT2D eigenvalue weighted by Crippen LogP contribution is 2.09. The van der Waals surface area contributed by atoms with Crippen molar-refractivity contribution < 1.29 is 0 Å². The summed E-state index contributed by atoms with van der Waals surface area (Å²) in [5, 5.41) is 11.9. The lowest BCUT2D eigenvalue weighted by atomic mass is 10.1. The zero-order valence-corrected chi connectivity index (χ0v) is 11.4. The van der Waals surface area contributed by atoms with Gasteiger partial charge in [-0.25, -0.2) is 4.68 Å². The second-order valence-electron chi connectivity index (χ2n) is 4.66. The van der Waals surface area contributed by atoms with Gasteiger partial charge in [0.25, 0.3) is 0 Å². The van der Waals surface area contributed by atoms with Crippen molar-refractivity contribution in [2.24, 2.45) is 0 Å². The molecule has 19 heavy (non-hydrogen) atoms. The fourth-order valence-corrected chi connectivity index (χ4v) is 1.99. The van der Waals surface area contributed by atoms with Gasteiger partial charge >= 0.3 is 0 Å². The van der Waals surface area contributed by atoms with Crippen LogP contribution in [0.15, 0.2) is 30.8 Å². The summed E-state index contributed by atoms with van der Waals surface area (Å²) in [6.45, 7) is 6.68. The Labute approximate surface area is 114 Å². The van der Waals surface area contributed by atoms with E-state index in [-0.39, 0.29) is 0 Å². The largest absolute Gasteiger partial charge is 0.225 e. The van der Waals surface area contributed by atoms with Crippen LogP contribution < -0.4 is 0 Å². The molecule has 0 fully saturated rings. The minimum absolute atomic E-state index is 0.728. The van der Waals surface area contributed by atoms with Gasteiger partial charge in [0, 0.05) is 6.42 Å². The van der Waals surface area contributed by atoms with E-state index in [0.29, 0.717) is 0 Å². The van der Waals surface area contributed by atoms with Crippen molar-refractivity contribution in [3.63, 3.8) is 0 Å². The standard InChI is InChI=1S/C15H20N4/c1-3-5-6-7-15-16-17-18-19(15)12-14-10-8-13(4-2)9-11-14/h4,8-11H,2-3,5-7,12H2,1H3. The van der Waals surface area contributed by atoms with E-state index in [2.05, 4.69) is 53.3 Å². The first-order valence-electron chi connectivity index (χ1n) is 6.80. The lowest BCUT2D eigenvalue weighted by Gasteiger charge is -2.05. The maximum absolute atomic E-state index is 4.10. The summed E-state index contributed by atoms with van der Waals surface area (Å²) in [6.07, 6.45) is 6.38. The smallest absolute Gasteiger partial charge is 0.151 e. The number of benzene rings is 1. The number of unbranched alkanes of at least 4 members (excludes halogenated alkanes) is 2. The molecule has 0 saturated heterocycles. The average molecular weight is 256 g/mol. The fourth-order valence-electron chi connectivity index (χ4n) is 1.99. The Morgan fingerprint density at radius 2 is 2.00 bits per heavy atom. The molecule has 0 N–H and O–H groups in total. The molecule has 4 heteroatoms. The van der Waals surface area contributed by atoms with Crippen LogP contribution in [0.4, 0.5) is 0 Å². The van der Waals surface area contributed by atoms with Gasteiger partial charge in [0.05, 0.1) is 6.54 Å². The van der Waals surface area contributed by atoms with E-state index in [9.17, 15) is 0 Å². The molecule has 1 aromatic carbocycles. The first-order valence-corrected chi connectivity index (χ1v) is 6.80. The van der Waals surface area contributed by atoms with E-state index < -0.39 is 0 Å². The van der Waals surface area contributed by atoms with Crippen LogP contribution in [0, 0.1) is 0 Å². The third-order valence-corrected chi connectivity index (χ3v) is 3.16. The zero-order valence-electron chi connectivity index (χ0n) is 11.4. The summed E-state index contributed by atoms with van der Waals surface area (Å²) < 4.78 is 1.89. The Kier molecular flexibility index (Phi) is 4.84. The molecule has 4 nitrogen and oxygen atoms in total. The van der Waals surface area contributed by atoms with Gasteiger partial charge in [-0.3, -0.25) is 0 Å². The van der Waals surface area contributed by atoms with Crippen LogP contribution in [0.2, 0.25) is 0 Å². The Bertz CT molecular complexity index is 513. The molecule has 0 amide bonds. The van der Waals surface area contributed by atoms with E-state index in [0.717, 1.165) is 30.8 Å². The maximum Gasteiger partial charge on any atom is 0.151 e. The minimum atomic E-state index is 0.728. The van der Waals surface area contributed by atoms with Crippen molar-refractivity contribution in [2.45, 2.75) is 39.2 Å². The molecule has 0 saturated carbocycles. The second kappa shape index (κ2) is 6.83. The van der Waals surface area contributed by atoms with E-state index in [1.54, 1.807) is 0 Å². The van der Waals surface area contributed by atoms with Gasteiger partial charge < -0.3 is 0 Å². The maximum atomic E-state index is 4.10. The number of hydrogen-bond donors (Lipinski definition) is 0. The number of rotatable bonds is 7. The third kappa shape index (κ3) is 3.74. The molecule has 0 aliphatic heterocycles. The highest BCUT2D eigenvalue weighted by molar-refractivity contribution is 5.47. The summed E-state index contributed by atoms with van der Waals surface area (Å²) >= 11 is 0. The van der Waals surface area contributed by atoms with E-state index in [1.807, 2.05) is 10.8 Å². The summed E-state index contributed by atoms with van der Waals surface area (Å²) in [6, 6.07) is 8.30. The summed E-state index contributed by atoms with van der Waals surface area (Å²) in [7, 11) is 0. The topological polar surface area (TPSA) is 43.6 Å². The average Bonchev–Trinajstić information content (AvgIpc) is 2.87. The van der Waals surface area contributed by atoms with Crippen LogP contribution in [-0.4, -0.2) is 20.2 Å². The predicted octanol–water partition coefficient (Wildman–Crippen LogP) is 3.10. The number of nitrogens with zero attached hydrogens (tertiary/aromatic N) is 4. The van der Waals surface area contributed by atoms with Gasteiger partial charge in [-0.1, -0.05) is 56.7 Å². The van der Waals surface area contributed by atoms with Crippen LogP contribution in [0.3, 0.4) is 0 Å². The van der Waals surface area contributed by atoms with Gasteiger partial charge in [-0.2, -0.15) is 0 Å². The predicted molar refractivity (Wildman–Crippen MR) is 76.7 cm³/mol. The Morgan fingerprint density at radius 1 is 1.21 bits per heavy atom. The third-order valence-electron chi connectivity index (χ3n) is 3.16. The van der Waals surface area contributed by atoms with Crippen molar-refractivity contribution in [3.05, 3.63) is 47.8 Å². The quantitative estimate of drug-likeness (QED) is 0.715. The van der Waals surface area contributed by atoms with Crippen LogP contribution >= 0.6 is 0 Å². The molecule has 2 rings (SSSR count). The molecule has 0 aliphatic carbocycles. The lowest BCUT2D eigenvalue weighted by Crippen LogP contribution is -2.07. The van der Waals surface area contributed by atoms with Gasteiger partial charge in [0.1, 0.15) is 0 Å². The van der Waals surface area contributed by atoms with Crippen LogP contribution in [-0.2, 0) is 13.0 Å². The molecular formula is C15H20N4.